The molecular weight excluding hydrogens is 323 g/mol. The van der Waals surface area contributed by atoms with Crippen LogP contribution in [0.1, 0.15) is 18.4 Å². The Bertz CT molecular complexity index is 369. The number of alkyl halides is 1. The number of hydrogen-bond acceptors (Lipinski definition) is 1. The van der Waals surface area contributed by atoms with Crippen LogP contribution >= 0.6 is 39.1 Å². The average Bonchev–Trinajstić information content (AvgIpc) is 2.35. The van der Waals surface area contributed by atoms with Crippen molar-refractivity contribution in [1.29, 1.82) is 0 Å². The Labute approximate surface area is 121 Å². The second kappa shape index (κ2) is 5.92. The monoisotopic (exact) mass is 336 g/mol. The van der Waals surface area contributed by atoms with Gasteiger partial charge in [0.15, 0.2) is 0 Å². The summed E-state index contributed by atoms with van der Waals surface area (Å²) in [6, 6.07) is 5.70. The van der Waals surface area contributed by atoms with Crippen LogP contribution in [0.3, 0.4) is 0 Å². The first-order chi connectivity index (χ1) is 8.17. The zero-order chi connectivity index (χ0) is 12.3. The molecule has 94 valence electrons. The van der Waals surface area contributed by atoms with E-state index < -0.39 is 0 Å². The van der Waals surface area contributed by atoms with Gasteiger partial charge in [0.05, 0.1) is 0 Å². The van der Waals surface area contributed by atoms with E-state index in [2.05, 4.69) is 15.9 Å². The fourth-order valence-electron chi connectivity index (χ4n) is 2.24. The average molecular weight is 338 g/mol. The van der Waals surface area contributed by atoms with Crippen molar-refractivity contribution in [3.8, 4) is 0 Å². The van der Waals surface area contributed by atoms with Crippen LogP contribution in [-0.2, 0) is 11.2 Å². The number of benzene rings is 1. The van der Waals surface area contributed by atoms with Gasteiger partial charge in [0.1, 0.15) is 0 Å². The zero-order valence-corrected chi connectivity index (χ0v) is 12.6. The molecule has 1 aromatic rings. The second-order valence-corrected chi connectivity index (χ2v) is 6.00. The standard InChI is InChI=1S/C13H15BrCl2O/c14-9-13(4-6-17-7-5-13)8-10-11(15)2-1-3-12(10)16/h1-3H,4-9H2. The van der Waals surface area contributed by atoms with Crippen molar-refractivity contribution >= 4 is 39.1 Å². The summed E-state index contributed by atoms with van der Waals surface area (Å²) in [6.07, 6.45) is 3.03. The van der Waals surface area contributed by atoms with E-state index in [1.807, 2.05) is 18.2 Å². The summed E-state index contributed by atoms with van der Waals surface area (Å²) in [5.74, 6) is 0. The van der Waals surface area contributed by atoms with Gasteiger partial charge < -0.3 is 4.74 Å². The topological polar surface area (TPSA) is 9.23 Å². The molecule has 0 spiro atoms. The van der Waals surface area contributed by atoms with Crippen molar-refractivity contribution < 1.29 is 4.74 Å². The lowest BCUT2D eigenvalue weighted by molar-refractivity contribution is 0.0270. The lowest BCUT2D eigenvalue weighted by atomic mass is 9.77. The maximum atomic E-state index is 6.24. The quantitative estimate of drug-likeness (QED) is 0.724. The molecule has 0 atom stereocenters. The highest BCUT2D eigenvalue weighted by Gasteiger charge is 2.32. The van der Waals surface area contributed by atoms with Crippen LogP contribution in [0.4, 0.5) is 0 Å². The molecule has 17 heavy (non-hydrogen) atoms. The second-order valence-electron chi connectivity index (χ2n) is 4.62. The lowest BCUT2D eigenvalue weighted by Gasteiger charge is -2.36. The van der Waals surface area contributed by atoms with Gasteiger partial charge in [-0.1, -0.05) is 45.2 Å². The molecule has 0 bridgehead atoms. The molecule has 1 aliphatic rings. The highest BCUT2D eigenvalue weighted by atomic mass is 79.9. The van der Waals surface area contributed by atoms with Crippen LogP contribution in [0.5, 0.6) is 0 Å². The summed E-state index contributed by atoms with van der Waals surface area (Å²) < 4.78 is 5.44. The van der Waals surface area contributed by atoms with Crippen LogP contribution in [0.15, 0.2) is 18.2 Å². The van der Waals surface area contributed by atoms with Gasteiger partial charge in [-0.15, -0.1) is 0 Å². The SMILES string of the molecule is Clc1cccc(Cl)c1CC1(CBr)CCOCC1. The maximum absolute atomic E-state index is 6.24. The number of halogens is 3. The summed E-state index contributed by atoms with van der Waals surface area (Å²) in [5.41, 5.74) is 1.30. The first kappa shape index (κ1) is 13.7. The van der Waals surface area contributed by atoms with Crippen molar-refractivity contribution in [2.75, 3.05) is 18.5 Å². The Kier molecular flexibility index (Phi) is 4.76. The Balaban J connectivity index is 2.23. The fraction of sp³-hybridized carbons (Fsp3) is 0.538. The van der Waals surface area contributed by atoms with E-state index in [9.17, 15) is 0 Å². The molecule has 1 fully saturated rings. The molecule has 1 aliphatic heterocycles. The zero-order valence-electron chi connectivity index (χ0n) is 9.52. The maximum Gasteiger partial charge on any atom is 0.0471 e. The van der Waals surface area contributed by atoms with Gasteiger partial charge in [0.25, 0.3) is 0 Å². The summed E-state index contributed by atoms with van der Waals surface area (Å²) in [7, 11) is 0. The lowest BCUT2D eigenvalue weighted by Crippen LogP contribution is -2.33. The van der Waals surface area contributed by atoms with Crippen molar-refractivity contribution in [3.63, 3.8) is 0 Å². The van der Waals surface area contributed by atoms with Crippen LogP contribution in [0.2, 0.25) is 10.0 Å². The molecular formula is C13H15BrCl2O. The first-order valence-electron chi connectivity index (χ1n) is 5.73. The van der Waals surface area contributed by atoms with Gasteiger partial charge in [-0.3, -0.25) is 0 Å². The van der Waals surface area contributed by atoms with E-state index in [1.165, 1.54) is 0 Å². The number of ether oxygens (including phenoxy) is 1. The first-order valence-corrected chi connectivity index (χ1v) is 7.61. The third-order valence-electron chi connectivity index (χ3n) is 3.45. The summed E-state index contributed by atoms with van der Waals surface area (Å²) >= 11 is 16.1. The van der Waals surface area contributed by atoms with Crippen molar-refractivity contribution in [1.82, 2.24) is 0 Å². The van der Waals surface area contributed by atoms with Gasteiger partial charge in [-0.25, -0.2) is 0 Å². The molecule has 0 aliphatic carbocycles. The van der Waals surface area contributed by atoms with Crippen molar-refractivity contribution in [2.24, 2.45) is 5.41 Å². The third-order valence-corrected chi connectivity index (χ3v) is 5.35. The number of rotatable bonds is 3. The molecule has 0 N–H and O–H groups in total. The minimum Gasteiger partial charge on any atom is -0.381 e. The number of hydrogen-bond donors (Lipinski definition) is 0. The highest BCUT2D eigenvalue weighted by Crippen LogP contribution is 2.39. The van der Waals surface area contributed by atoms with E-state index in [0.29, 0.717) is 0 Å². The molecule has 0 amide bonds. The smallest absolute Gasteiger partial charge is 0.0471 e. The molecule has 1 saturated heterocycles. The van der Waals surface area contributed by atoms with Gasteiger partial charge in [-0.2, -0.15) is 0 Å². The minimum absolute atomic E-state index is 0.229. The summed E-state index contributed by atoms with van der Waals surface area (Å²) in [4.78, 5) is 0. The fourth-order valence-corrected chi connectivity index (χ4v) is 3.53. The van der Waals surface area contributed by atoms with Crippen LogP contribution < -0.4 is 0 Å². The Morgan fingerprint density at radius 3 is 2.29 bits per heavy atom. The largest absolute Gasteiger partial charge is 0.381 e. The van der Waals surface area contributed by atoms with E-state index in [4.69, 9.17) is 27.9 Å². The van der Waals surface area contributed by atoms with Crippen molar-refractivity contribution in [2.45, 2.75) is 19.3 Å². The minimum atomic E-state index is 0.229. The van der Waals surface area contributed by atoms with Crippen LogP contribution in [0, 0.1) is 5.41 Å². The molecule has 2 rings (SSSR count). The molecule has 0 radical (unpaired) electrons. The van der Waals surface area contributed by atoms with E-state index in [1.54, 1.807) is 0 Å². The van der Waals surface area contributed by atoms with Crippen LogP contribution in [0.25, 0.3) is 0 Å². The van der Waals surface area contributed by atoms with Crippen LogP contribution in [-0.4, -0.2) is 18.5 Å². The Hall–Kier alpha value is 0.240. The molecule has 1 heterocycles. The van der Waals surface area contributed by atoms with E-state index >= 15 is 0 Å². The van der Waals surface area contributed by atoms with E-state index in [0.717, 1.165) is 53.4 Å². The van der Waals surface area contributed by atoms with Gasteiger partial charge in [0.2, 0.25) is 0 Å². The molecule has 0 saturated carbocycles. The predicted octanol–water partition coefficient (Wildman–Crippen LogP) is 4.73. The molecule has 0 unspecified atom stereocenters. The normalized spacial score (nSPS) is 19.2. The molecule has 4 heteroatoms. The third kappa shape index (κ3) is 3.17. The summed E-state index contributed by atoms with van der Waals surface area (Å²) in [6.45, 7) is 1.65. The molecule has 1 nitrogen and oxygen atoms in total. The van der Waals surface area contributed by atoms with Gasteiger partial charge in [0, 0.05) is 28.6 Å². The van der Waals surface area contributed by atoms with Crippen molar-refractivity contribution in [3.05, 3.63) is 33.8 Å². The highest BCUT2D eigenvalue weighted by molar-refractivity contribution is 9.09. The van der Waals surface area contributed by atoms with Gasteiger partial charge in [-0.05, 0) is 42.4 Å². The Morgan fingerprint density at radius 1 is 1.18 bits per heavy atom. The Morgan fingerprint density at radius 2 is 1.76 bits per heavy atom. The predicted molar refractivity (Wildman–Crippen MR) is 76.4 cm³/mol. The molecule has 0 aromatic heterocycles. The van der Waals surface area contributed by atoms with Gasteiger partial charge >= 0.3 is 0 Å². The summed E-state index contributed by atoms with van der Waals surface area (Å²) in [5, 5.41) is 2.50. The molecule has 1 aromatic carbocycles. The van der Waals surface area contributed by atoms with E-state index in [-0.39, 0.29) is 5.41 Å².